The highest BCUT2D eigenvalue weighted by molar-refractivity contribution is 6.32. The molecule has 8 rings (SSSR count). The van der Waals surface area contributed by atoms with Crippen molar-refractivity contribution in [2.75, 3.05) is 16.9 Å². The summed E-state index contributed by atoms with van der Waals surface area (Å²) in [6.45, 7) is 0. The summed E-state index contributed by atoms with van der Waals surface area (Å²) in [5, 5.41) is 23.3. The maximum absolute atomic E-state index is 15.3. The third-order valence-corrected chi connectivity index (χ3v) is 11.3. The number of methoxy groups -OCH3 is 1. The largest absolute Gasteiger partial charge is 0.508 e. The highest BCUT2D eigenvalue weighted by Gasteiger charge is 2.70. The molecule has 0 aromatic heterocycles. The van der Waals surface area contributed by atoms with Gasteiger partial charge in [0.15, 0.2) is 0 Å². The van der Waals surface area contributed by atoms with Crippen molar-refractivity contribution in [2.24, 2.45) is 23.7 Å². The van der Waals surface area contributed by atoms with Crippen molar-refractivity contribution < 1.29 is 33.9 Å². The number of halogens is 1. The van der Waals surface area contributed by atoms with E-state index in [0.29, 0.717) is 33.2 Å². The van der Waals surface area contributed by atoms with E-state index in [2.05, 4.69) is 0 Å². The molecule has 2 aliphatic heterocycles. The number of fused-ring (bicyclic) bond motifs is 4. The van der Waals surface area contributed by atoms with E-state index in [9.17, 15) is 29.6 Å². The minimum absolute atomic E-state index is 0.0735. The minimum atomic E-state index is -1.55. The molecular weight excluding hydrogens is 674 g/mol. The van der Waals surface area contributed by atoms with Gasteiger partial charge in [-0.3, -0.25) is 34.2 Å². The highest BCUT2D eigenvalue weighted by atomic mass is 35.5. The number of benzene rings is 4. The van der Waals surface area contributed by atoms with Crippen molar-refractivity contribution in [3.8, 4) is 11.5 Å². The number of nitro benzene ring substituents is 1. The lowest BCUT2D eigenvalue weighted by Crippen LogP contribution is -2.53. The SMILES string of the molecule is COc1ccc([C@H]2C3=CC[C@@H]4C(=O)N(c5ccc([N+](=O)[O-])cc5)C(=O)[C@@H]4[C@@H]3C[C@H]3C(=O)N(c4cccc(Cl)c4)C(=O)[C@@]23c2ccccc2)c(O)c1. The van der Waals surface area contributed by atoms with Crippen LogP contribution < -0.4 is 14.5 Å². The third kappa shape index (κ3) is 4.64. The lowest BCUT2D eigenvalue weighted by molar-refractivity contribution is -0.384. The Morgan fingerprint density at radius 2 is 1.59 bits per heavy atom. The first-order valence-corrected chi connectivity index (χ1v) is 16.8. The molecule has 256 valence electrons. The van der Waals surface area contributed by atoms with Gasteiger partial charge in [-0.2, -0.15) is 0 Å². The standard InChI is InChI=1S/C39H30ClN3O8/c1-51-26-14-15-28(32(44)19-26)34-27-16-17-29-33(37(47)41(35(29)45)23-10-12-24(13-11-23)43(49)50)30(27)20-31-36(46)42(25-9-5-8-22(40)18-25)38(48)39(31,34)21-6-3-2-4-7-21/h2-16,18-19,29-31,33-34,44H,17,20H2,1H3/t29-,30+,31-,33-,34+,39+/m0/s1. The van der Waals surface area contributed by atoms with Gasteiger partial charge in [0.2, 0.25) is 23.6 Å². The summed E-state index contributed by atoms with van der Waals surface area (Å²) in [5.41, 5.74) is 0.400. The van der Waals surface area contributed by atoms with E-state index in [4.69, 9.17) is 16.3 Å². The summed E-state index contributed by atoms with van der Waals surface area (Å²) in [4.78, 5) is 71.5. The van der Waals surface area contributed by atoms with Gasteiger partial charge in [0, 0.05) is 34.7 Å². The van der Waals surface area contributed by atoms with E-state index < -0.39 is 63.6 Å². The van der Waals surface area contributed by atoms with E-state index in [0.717, 1.165) is 9.80 Å². The van der Waals surface area contributed by atoms with Gasteiger partial charge >= 0.3 is 0 Å². The number of anilines is 2. The first-order chi connectivity index (χ1) is 24.6. The number of non-ortho nitro benzene ring substituents is 1. The zero-order valence-electron chi connectivity index (χ0n) is 27.1. The highest BCUT2D eigenvalue weighted by Crippen LogP contribution is 2.65. The van der Waals surface area contributed by atoms with Gasteiger partial charge in [-0.1, -0.05) is 65.7 Å². The second-order valence-electron chi connectivity index (χ2n) is 13.3. The maximum Gasteiger partial charge on any atom is 0.269 e. The molecule has 4 aromatic rings. The van der Waals surface area contributed by atoms with Crippen LogP contribution in [0.15, 0.2) is 109 Å². The molecule has 2 aliphatic carbocycles. The summed E-state index contributed by atoms with van der Waals surface area (Å²) < 4.78 is 5.38. The van der Waals surface area contributed by atoms with E-state index >= 15 is 4.79 Å². The predicted molar refractivity (Wildman–Crippen MR) is 186 cm³/mol. The summed E-state index contributed by atoms with van der Waals surface area (Å²) in [5.74, 6) is -5.88. The molecule has 6 atom stereocenters. The monoisotopic (exact) mass is 703 g/mol. The fourth-order valence-corrected chi connectivity index (χ4v) is 9.15. The number of aromatic hydroxyl groups is 1. The molecule has 11 nitrogen and oxygen atoms in total. The van der Waals surface area contributed by atoms with Crippen LogP contribution in [0.2, 0.25) is 5.02 Å². The number of nitro groups is 1. The normalized spacial score (nSPS) is 26.8. The van der Waals surface area contributed by atoms with E-state index in [-0.39, 0.29) is 30.0 Å². The third-order valence-electron chi connectivity index (χ3n) is 11.0. The number of ether oxygens (including phenoxy) is 1. The van der Waals surface area contributed by atoms with Crippen LogP contribution in [-0.2, 0) is 24.6 Å². The smallest absolute Gasteiger partial charge is 0.269 e. The topological polar surface area (TPSA) is 147 Å². The van der Waals surface area contributed by atoms with E-state index in [1.807, 2.05) is 12.1 Å². The minimum Gasteiger partial charge on any atom is -0.508 e. The summed E-state index contributed by atoms with van der Waals surface area (Å²) in [6.07, 6.45) is 2.14. The molecule has 12 heteroatoms. The van der Waals surface area contributed by atoms with Crippen LogP contribution in [0, 0.1) is 33.8 Å². The molecule has 51 heavy (non-hydrogen) atoms. The van der Waals surface area contributed by atoms with Crippen LogP contribution in [0.1, 0.15) is 29.9 Å². The Labute approximate surface area is 296 Å². The number of carbonyl (C=O) groups is 4. The molecule has 4 aromatic carbocycles. The van der Waals surface area contributed by atoms with Crippen LogP contribution in [0.25, 0.3) is 0 Å². The van der Waals surface area contributed by atoms with Gasteiger partial charge < -0.3 is 9.84 Å². The fraction of sp³-hybridized carbons (Fsp3) is 0.231. The molecule has 4 amide bonds. The second-order valence-corrected chi connectivity index (χ2v) is 13.7. The van der Waals surface area contributed by atoms with Crippen LogP contribution in [0.5, 0.6) is 11.5 Å². The number of hydrogen-bond donors (Lipinski definition) is 1. The molecule has 0 spiro atoms. The van der Waals surface area contributed by atoms with Crippen molar-refractivity contribution in [3.63, 3.8) is 0 Å². The van der Waals surface area contributed by atoms with Gasteiger partial charge in [-0.05, 0) is 60.7 Å². The number of amides is 4. The number of rotatable bonds is 6. The molecule has 1 saturated carbocycles. The van der Waals surface area contributed by atoms with Crippen LogP contribution in [0.3, 0.4) is 0 Å². The van der Waals surface area contributed by atoms with E-state index in [1.165, 1.54) is 37.4 Å². The molecule has 1 N–H and O–H groups in total. The Kier molecular flexibility index (Phi) is 7.57. The molecule has 0 unspecified atom stereocenters. The average molecular weight is 704 g/mol. The van der Waals surface area contributed by atoms with Crippen LogP contribution in [0.4, 0.5) is 17.1 Å². The van der Waals surface area contributed by atoms with Gasteiger partial charge in [0.1, 0.15) is 11.5 Å². The number of nitrogens with zero attached hydrogens (tertiary/aromatic N) is 3. The van der Waals surface area contributed by atoms with Crippen molar-refractivity contribution in [2.45, 2.75) is 24.2 Å². The zero-order chi connectivity index (χ0) is 35.8. The molecular formula is C39H30ClN3O8. The predicted octanol–water partition coefficient (Wildman–Crippen LogP) is 6.33. The number of phenols is 1. The lowest BCUT2D eigenvalue weighted by atomic mass is 9.49. The Balaban J connectivity index is 1.33. The maximum atomic E-state index is 15.3. The van der Waals surface area contributed by atoms with Crippen molar-refractivity contribution in [1.82, 2.24) is 0 Å². The van der Waals surface area contributed by atoms with Crippen molar-refractivity contribution >= 4 is 52.3 Å². The summed E-state index contributed by atoms with van der Waals surface area (Å²) in [7, 11) is 1.47. The second kappa shape index (κ2) is 11.9. The Morgan fingerprint density at radius 3 is 2.25 bits per heavy atom. The van der Waals surface area contributed by atoms with Gasteiger partial charge in [0.05, 0.1) is 46.6 Å². The zero-order valence-corrected chi connectivity index (χ0v) is 27.9. The molecule has 0 bridgehead atoms. The summed E-state index contributed by atoms with van der Waals surface area (Å²) >= 11 is 6.36. The van der Waals surface area contributed by atoms with Crippen molar-refractivity contribution in [3.05, 3.63) is 135 Å². The fourth-order valence-electron chi connectivity index (χ4n) is 8.96. The molecule has 3 fully saturated rings. The number of phenolic OH excluding ortho intramolecular Hbond substituents is 1. The molecule has 4 aliphatic rings. The van der Waals surface area contributed by atoms with Gasteiger partial charge in [0.25, 0.3) is 5.69 Å². The Morgan fingerprint density at radius 1 is 0.843 bits per heavy atom. The molecule has 2 heterocycles. The van der Waals surface area contributed by atoms with Crippen LogP contribution >= 0.6 is 11.6 Å². The van der Waals surface area contributed by atoms with Crippen molar-refractivity contribution in [1.29, 1.82) is 0 Å². The number of allylic oxidation sites excluding steroid dienone is 2. The lowest BCUT2D eigenvalue weighted by Gasteiger charge is -2.50. The molecule has 0 radical (unpaired) electrons. The van der Waals surface area contributed by atoms with Gasteiger partial charge in [-0.25, -0.2) is 4.90 Å². The summed E-state index contributed by atoms with van der Waals surface area (Å²) in [6, 6.07) is 25.6. The molecule has 2 saturated heterocycles. The number of imide groups is 2. The van der Waals surface area contributed by atoms with E-state index in [1.54, 1.807) is 60.7 Å². The van der Waals surface area contributed by atoms with Crippen LogP contribution in [-0.4, -0.2) is 40.8 Å². The number of hydrogen-bond acceptors (Lipinski definition) is 8. The Bertz CT molecular complexity index is 2190. The quantitative estimate of drug-likeness (QED) is 0.106. The first kappa shape index (κ1) is 32.4. The average Bonchev–Trinajstić information content (AvgIpc) is 3.52. The Hall–Kier alpha value is -5.81. The first-order valence-electron chi connectivity index (χ1n) is 16.5. The van der Waals surface area contributed by atoms with Gasteiger partial charge in [-0.15, -0.1) is 0 Å². The number of carbonyl (C=O) groups excluding carboxylic acids is 4.